The summed E-state index contributed by atoms with van der Waals surface area (Å²) in [5.41, 5.74) is 0.825. The van der Waals surface area contributed by atoms with Crippen molar-refractivity contribution in [2.75, 3.05) is 25.7 Å². The lowest BCUT2D eigenvalue weighted by Crippen LogP contribution is -2.27. The number of nitrogens with zero attached hydrogens (tertiary/aromatic N) is 1. The van der Waals surface area contributed by atoms with E-state index >= 15 is 0 Å². The number of carbonyl (C=O) groups is 2. The first kappa shape index (κ1) is 21.7. The van der Waals surface area contributed by atoms with E-state index in [9.17, 15) is 14.7 Å². The zero-order valence-electron chi connectivity index (χ0n) is 16.5. The summed E-state index contributed by atoms with van der Waals surface area (Å²) < 4.78 is 16.2. The molecule has 0 saturated carbocycles. The fourth-order valence-electron chi connectivity index (χ4n) is 2.97. The van der Waals surface area contributed by atoms with Crippen LogP contribution in [0.25, 0.3) is 6.08 Å². The van der Waals surface area contributed by atoms with Crippen LogP contribution >= 0.6 is 24.0 Å². The predicted octanol–water partition coefficient (Wildman–Crippen LogP) is 4.21. The molecule has 0 radical (unpaired) electrons. The molecular weight excluding hydrogens is 426 g/mol. The summed E-state index contributed by atoms with van der Waals surface area (Å²) in [7, 11) is 2.78. The smallest absolute Gasteiger partial charge is 0.340 e. The van der Waals surface area contributed by atoms with Crippen molar-refractivity contribution in [2.24, 2.45) is 0 Å². The molecule has 9 heteroatoms. The van der Waals surface area contributed by atoms with E-state index in [1.807, 2.05) is 6.92 Å². The van der Waals surface area contributed by atoms with Crippen LogP contribution in [0.4, 0.5) is 5.69 Å². The van der Waals surface area contributed by atoms with Gasteiger partial charge in [0.25, 0.3) is 5.91 Å². The fourth-order valence-corrected chi connectivity index (χ4v) is 4.26. The van der Waals surface area contributed by atoms with Crippen LogP contribution in [-0.2, 0) is 4.79 Å². The Kier molecular flexibility index (Phi) is 6.63. The fraction of sp³-hybridized carbons (Fsp3) is 0.190. The van der Waals surface area contributed by atoms with Gasteiger partial charge in [0.15, 0.2) is 15.8 Å². The standard InChI is InChI=1S/C21H19NO6S2/c1-4-28-14-8-6-13(7-9-14)22-19(23)16(30-21(22)29)11-12-5-10-15(26-2)18(27-3)17(12)20(24)25/h5-11H,4H2,1-3H3,(H,24,25)/b16-11-. The molecule has 1 fully saturated rings. The zero-order chi connectivity index (χ0) is 21.8. The molecule has 0 aromatic heterocycles. The molecule has 30 heavy (non-hydrogen) atoms. The predicted molar refractivity (Wildman–Crippen MR) is 120 cm³/mol. The third-order valence-corrected chi connectivity index (χ3v) is 5.58. The molecule has 156 valence electrons. The molecule has 1 amide bonds. The van der Waals surface area contributed by atoms with Crippen LogP contribution in [0.5, 0.6) is 17.2 Å². The Hall–Kier alpha value is -3.04. The minimum atomic E-state index is -1.20. The highest BCUT2D eigenvalue weighted by atomic mass is 32.2. The van der Waals surface area contributed by atoms with Gasteiger partial charge in [-0.3, -0.25) is 9.69 Å². The van der Waals surface area contributed by atoms with Gasteiger partial charge in [0.1, 0.15) is 11.3 Å². The molecule has 7 nitrogen and oxygen atoms in total. The number of carboxylic acid groups (broad SMARTS) is 1. The Bertz CT molecular complexity index is 1030. The maximum absolute atomic E-state index is 13.0. The molecule has 1 aliphatic heterocycles. The SMILES string of the molecule is CCOc1ccc(N2C(=O)/C(=C/c3ccc(OC)c(OC)c3C(=O)O)SC2=S)cc1. The molecule has 0 bridgehead atoms. The van der Waals surface area contributed by atoms with Crippen molar-refractivity contribution in [3.63, 3.8) is 0 Å². The van der Waals surface area contributed by atoms with Gasteiger partial charge in [0.05, 0.1) is 31.4 Å². The van der Waals surface area contributed by atoms with Gasteiger partial charge in [-0.05, 0) is 48.9 Å². The molecule has 1 saturated heterocycles. The molecule has 0 aliphatic carbocycles. The van der Waals surface area contributed by atoms with E-state index in [0.717, 1.165) is 11.8 Å². The summed E-state index contributed by atoms with van der Waals surface area (Å²) in [6.07, 6.45) is 1.50. The van der Waals surface area contributed by atoms with E-state index in [2.05, 4.69) is 0 Å². The lowest BCUT2D eigenvalue weighted by Gasteiger charge is -2.15. The van der Waals surface area contributed by atoms with Gasteiger partial charge < -0.3 is 19.3 Å². The van der Waals surface area contributed by atoms with E-state index < -0.39 is 5.97 Å². The van der Waals surface area contributed by atoms with E-state index in [1.165, 1.54) is 25.2 Å². The Balaban J connectivity index is 1.99. The Morgan fingerprint density at radius 1 is 1.17 bits per heavy atom. The molecule has 0 atom stereocenters. The summed E-state index contributed by atoms with van der Waals surface area (Å²) in [5, 5.41) is 9.68. The highest BCUT2D eigenvalue weighted by Gasteiger charge is 2.34. The van der Waals surface area contributed by atoms with Crippen molar-refractivity contribution in [3.8, 4) is 17.2 Å². The number of thioether (sulfide) groups is 1. The first-order valence-electron chi connectivity index (χ1n) is 8.90. The van der Waals surface area contributed by atoms with E-state index in [0.29, 0.717) is 32.8 Å². The van der Waals surface area contributed by atoms with Crippen LogP contribution in [0.2, 0.25) is 0 Å². The highest BCUT2D eigenvalue weighted by molar-refractivity contribution is 8.27. The number of aromatic carboxylic acids is 1. The van der Waals surface area contributed by atoms with Crippen molar-refractivity contribution >= 4 is 51.9 Å². The normalized spacial score (nSPS) is 14.9. The number of thiocarbonyl (C=S) groups is 1. The van der Waals surface area contributed by atoms with E-state index in [-0.39, 0.29) is 23.0 Å². The molecular formula is C21H19NO6S2. The van der Waals surface area contributed by atoms with Gasteiger partial charge >= 0.3 is 5.97 Å². The zero-order valence-corrected chi connectivity index (χ0v) is 18.1. The van der Waals surface area contributed by atoms with Crippen molar-refractivity contribution in [1.29, 1.82) is 0 Å². The number of carboxylic acids is 1. The van der Waals surface area contributed by atoms with Gasteiger partial charge in [0.2, 0.25) is 0 Å². The molecule has 2 aromatic rings. The van der Waals surface area contributed by atoms with Gasteiger partial charge in [-0.15, -0.1) is 0 Å². The van der Waals surface area contributed by atoms with Gasteiger partial charge in [0, 0.05) is 0 Å². The summed E-state index contributed by atoms with van der Waals surface area (Å²) >= 11 is 6.49. The van der Waals surface area contributed by atoms with Gasteiger partial charge in [-0.2, -0.15) is 0 Å². The average molecular weight is 446 g/mol. The molecule has 3 rings (SSSR count). The maximum atomic E-state index is 13.0. The minimum absolute atomic E-state index is 0.0840. The van der Waals surface area contributed by atoms with E-state index in [4.69, 9.17) is 26.4 Å². The number of ether oxygens (including phenoxy) is 3. The largest absolute Gasteiger partial charge is 0.494 e. The highest BCUT2D eigenvalue weighted by Crippen LogP contribution is 2.39. The number of rotatable bonds is 7. The minimum Gasteiger partial charge on any atom is -0.494 e. The second kappa shape index (κ2) is 9.19. The topological polar surface area (TPSA) is 85.3 Å². The number of carbonyl (C=O) groups excluding carboxylic acids is 1. The molecule has 0 spiro atoms. The molecule has 0 unspecified atom stereocenters. The third-order valence-electron chi connectivity index (χ3n) is 4.28. The van der Waals surface area contributed by atoms with Crippen molar-refractivity contribution in [2.45, 2.75) is 6.92 Å². The van der Waals surface area contributed by atoms with Gasteiger partial charge in [-0.25, -0.2) is 4.79 Å². The average Bonchev–Trinajstić information content (AvgIpc) is 3.01. The molecule has 2 aromatic carbocycles. The maximum Gasteiger partial charge on any atom is 0.340 e. The number of amides is 1. The summed E-state index contributed by atoms with van der Waals surface area (Å²) in [6.45, 7) is 2.43. The van der Waals surface area contributed by atoms with Gasteiger partial charge in [-0.1, -0.05) is 30.0 Å². The number of benzene rings is 2. The number of hydrogen-bond donors (Lipinski definition) is 1. The number of methoxy groups -OCH3 is 2. The summed E-state index contributed by atoms with van der Waals surface area (Å²) in [4.78, 5) is 26.6. The van der Waals surface area contributed by atoms with Crippen LogP contribution in [0.1, 0.15) is 22.8 Å². The Morgan fingerprint density at radius 3 is 2.43 bits per heavy atom. The van der Waals surface area contributed by atoms with Crippen molar-refractivity contribution in [1.82, 2.24) is 0 Å². The van der Waals surface area contributed by atoms with Crippen LogP contribution in [-0.4, -0.2) is 42.1 Å². The number of anilines is 1. The van der Waals surface area contributed by atoms with Crippen LogP contribution < -0.4 is 19.1 Å². The third kappa shape index (κ3) is 4.12. The van der Waals surface area contributed by atoms with E-state index in [1.54, 1.807) is 36.4 Å². The monoisotopic (exact) mass is 445 g/mol. The Morgan fingerprint density at radius 2 is 1.87 bits per heavy atom. The molecule has 1 N–H and O–H groups in total. The first-order valence-corrected chi connectivity index (χ1v) is 10.1. The first-order chi connectivity index (χ1) is 14.4. The van der Waals surface area contributed by atoms with Crippen molar-refractivity contribution < 1.29 is 28.9 Å². The van der Waals surface area contributed by atoms with Crippen LogP contribution in [0, 0.1) is 0 Å². The van der Waals surface area contributed by atoms with Crippen LogP contribution in [0.3, 0.4) is 0 Å². The van der Waals surface area contributed by atoms with Crippen LogP contribution in [0.15, 0.2) is 41.3 Å². The summed E-state index contributed by atoms with van der Waals surface area (Å²) in [6, 6.07) is 10.2. The second-order valence-electron chi connectivity index (χ2n) is 6.01. The summed E-state index contributed by atoms with van der Waals surface area (Å²) in [5.74, 6) is -0.465. The van der Waals surface area contributed by atoms with Crippen molar-refractivity contribution in [3.05, 3.63) is 52.4 Å². The lowest BCUT2D eigenvalue weighted by atomic mass is 10.0. The number of hydrogen-bond acceptors (Lipinski definition) is 7. The molecule has 1 aliphatic rings. The quantitative estimate of drug-likeness (QED) is 0.501. The Labute approximate surface area is 183 Å². The second-order valence-corrected chi connectivity index (χ2v) is 7.69. The molecule has 1 heterocycles. The lowest BCUT2D eigenvalue weighted by molar-refractivity contribution is -0.113.